The van der Waals surface area contributed by atoms with E-state index >= 15 is 0 Å². The fourth-order valence-corrected chi connectivity index (χ4v) is 8.29. The summed E-state index contributed by atoms with van der Waals surface area (Å²) in [6, 6.07) is 12.0. The van der Waals surface area contributed by atoms with Gasteiger partial charge in [0.15, 0.2) is 12.2 Å². The maximum absolute atomic E-state index is 4.48. The second-order valence-corrected chi connectivity index (χ2v) is 17.9. The van der Waals surface area contributed by atoms with Gasteiger partial charge in [-0.15, -0.1) is 12.6 Å². The molecular weight excluding hydrogens is 485 g/mol. The number of fused-ring (bicyclic) bond motifs is 3. The lowest BCUT2D eigenvalue weighted by atomic mass is 9.77. The molecule has 1 saturated carbocycles. The largest absolute Gasteiger partial charge is 0.392 e. The molecule has 2 atom stereocenters. The molecule has 4 rings (SSSR count). The molecule has 0 spiro atoms. The van der Waals surface area contributed by atoms with Crippen LogP contribution in [0.4, 0.5) is 0 Å². The van der Waals surface area contributed by atoms with Crippen LogP contribution in [0.1, 0.15) is 74.5 Å². The van der Waals surface area contributed by atoms with Gasteiger partial charge in [-0.05, 0) is 52.9 Å². The molecule has 1 aromatic carbocycles. The van der Waals surface area contributed by atoms with Crippen molar-refractivity contribution in [1.29, 1.82) is 0 Å². The Kier molecular flexibility index (Phi) is 8.91. The highest BCUT2D eigenvalue weighted by Gasteiger charge is 2.41. The second-order valence-electron chi connectivity index (χ2n) is 12.4. The SMILES string of the molecule is C=C(CC1C(CCC(=C)C(=C)S)c2ccccc2-c2cc(CC3CCCCC3)c([Si](C)(C)C)c[n+]21)NC. The monoisotopic (exact) mass is 531 g/mol. The van der Waals surface area contributed by atoms with Crippen LogP contribution in [-0.2, 0) is 6.42 Å². The lowest BCUT2D eigenvalue weighted by Crippen LogP contribution is -2.54. The van der Waals surface area contributed by atoms with Gasteiger partial charge in [0.25, 0.3) is 0 Å². The van der Waals surface area contributed by atoms with Crippen molar-refractivity contribution in [2.75, 3.05) is 7.05 Å². The summed E-state index contributed by atoms with van der Waals surface area (Å²) in [5.74, 6) is 1.21. The van der Waals surface area contributed by atoms with E-state index in [1.54, 1.807) is 10.8 Å². The summed E-state index contributed by atoms with van der Waals surface area (Å²) < 4.78 is 2.63. The van der Waals surface area contributed by atoms with Crippen molar-refractivity contribution in [1.82, 2.24) is 5.32 Å². The van der Waals surface area contributed by atoms with E-state index in [1.165, 1.54) is 55.3 Å². The highest BCUT2D eigenvalue weighted by Crippen LogP contribution is 2.43. The average molecular weight is 532 g/mol. The summed E-state index contributed by atoms with van der Waals surface area (Å²) in [5.41, 5.74) is 7.96. The molecule has 2 unspecified atom stereocenters. The number of thiol groups is 1. The van der Waals surface area contributed by atoms with E-state index in [2.05, 4.69) is 98.4 Å². The lowest BCUT2D eigenvalue weighted by Gasteiger charge is -2.33. The molecule has 198 valence electrons. The van der Waals surface area contributed by atoms with Gasteiger partial charge in [-0.3, -0.25) is 0 Å². The third-order valence-corrected chi connectivity index (χ3v) is 11.1. The van der Waals surface area contributed by atoms with Crippen LogP contribution in [0.25, 0.3) is 11.3 Å². The molecule has 1 N–H and O–H groups in total. The third-order valence-electron chi connectivity index (χ3n) is 8.68. The number of nitrogens with zero attached hydrogens (tertiary/aromatic N) is 1. The van der Waals surface area contributed by atoms with Crippen molar-refractivity contribution in [3.63, 3.8) is 0 Å². The normalized spacial score (nSPS) is 19.6. The van der Waals surface area contributed by atoms with Crippen LogP contribution in [0, 0.1) is 5.92 Å². The van der Waals surface area contributed by atoms with Crippen LogP contribution in [-0.4, -0.2) is 15.1 Å². The molecule has 2 aromatic rings. The Morgan fingerprint density at radius 1 is 1.08 bits per heavy atom. The number of allylic oxidation sites excluding steroid dienone is 2. The van der Waals surface area contributed by atoms with Crippen LogP contribution in [0.15, 0.2) is 72.4 Å². The van der Waals surface area contributed by atoms with Crippen molar-refractivity contribution < 1.29 is 4.57 Å². The topological polar surface area (TPSA) is 15.9 Å². The Morgan fingerprint density at radius 2 is 1.78 bits per heavy atom. The number of nitrogens with one attached hydrogen (secondary N) is 1. The second kappa shape index (κ2) is 11.8. The van der Waals surface area contributed by atoms with E-state index in [0.29, 0.717) is 12.0 Å². The maximum atomic E-state index is 4.48. The van der Waals surface area contributed by atoms with Crippen LogP contribution >= 0.6 is 12.6 Å². The average Bonchev–Trinajstić information content (AvgIpc) is 2.87. The fourth-order valence-electron chi connectivity index (χ4n) is 6.52. The van der Waals surface area contributed by atoms with Gasteiger partial charge in [-0.25, -0.2) is 0 Å². The predicted molar refractivity (Wildman–Crippen MR) is 166 cm³/mol. The van der Waals surface area contributed by atoms with Gasteiger partial charge in [-0.2, -0.15) is 4.57 Å². The minimum absolute atomic E-state index is 0.310. The molecular formula is C33H47N2SSi+. The van der Waals surface area contributed by atoms with Gasteiger partial charge in [0.05, 0.1) is 8.07 Å². The zero-order valence-corrected chi connectivity index (χ0v) is 25.5. The minimum atomic E-state index is -1.56. The molecule has 1 fully saturated rings. The molecule has 0 amide bonds. The van der Waals surface area contributed by atoms with Gasteiger partial charge in [0.2, 0.25) is 5.69 Å². The Morgan fingerprint density at radius 3 is 2.43 bits per heavy atom. The first-order valence-electron chi connectivity index (χ1n) is 14.2. The summed E-state index contributed by atoms with van der Waals surface area (Å²) in [5, 5.41) is 4.97. The number of hydrogen-bond donors (Lipinski definition) is 2. The van der Waals surface area contributed by atoms with Crippen molar-refractivity contribution in [3.8, 4) is 11.3 Å². The van der Waals surface area contributed by atoms with E-state index in [1.807, 2.05) is 7.05 Å². The first kappa shape index (κ1) is 28.0. The molecule has 4 heteroatoms. The van der Waals surface area contributed by atoms with Crippen molar-refractivity contribution >= 4 is 25.9 Å². The summed E-state index contributed by atoms with van der Waals surface area (Å²) in [7, 11) is 0.434. The Bertz CT molecular complexity index is 1170. The molecule has 0 radical (unpaired) electrons. The highest BCUT2D eigenvalue weighted by atomic mass is 32.1. The number of rotatable bonds is 10. The standard InChI is InChI=1S/C33H46N2SSi/c1-23(25(3)36)17-18-30-28-15-11-12-16-29(28)32-21-27(20-26-13-9-8-10-14-26)33(37(5,6)7)22-35(32)31(30)19-24(2)34-4/h11-12,15-16,21-22,26,30-31,34H,1-3,8-10,13-14,17-20H2,4-7H3/p+1. The van der Waals surface area contributed by atoms with Gasteiger partial charge in [-0.1, -0.05) is 89.7 Å². The van der Waals surface area contributed by atoms with Crippen LogP contribution in [0.3, 0.4) is 0 Å². The van der Waals surface area contributed by atoms with Gasteiger partial charge >= 0.3 is 0 Å². The van der Waals surface area contributed by atoms with E-state index in [-0.39, 0.29) is 0 Å². The molecule has 2 aliphatic rings. The van der Waals surface area contributed by atoms with Crippen molar-refractivity contribution in [3.05, 3.63) is 83.6 Å². The van der Waals surface area contributed by atoms with E-state index in [9.17, 15) is 0 Å². The van der Waals surface area contributed by atoms with Crippen LogP contribution < -0.4 is 15.1 Å². The summed E-state index contributed by atoms with van der Waals surface area (Å²) >= 11 is 4.48. The summed E-state index contributed by atoms with van der Waals surface area (Å²) in [4.78, 5) is 0.793. The molecule has 0 bridgehead atoms. The third kappa shape index (κ3) is 6.34. The van der Waals surface area contributed by atoms with Crippen molar-refractivity contribution in [2.24, 2.45) is 5.92 Å². The quantitative estimate of drug-likeness (QED) is 0.138. The molecule has 1 aliphatic heterocycles. The van der Waals surface area contributed by atoms with Gasteiger partial charge in [0, 0.05) is 41.9 Å². The summed E-state index contributed by atoms with van der Waals surface area (Å²) in [6.07, 6.45) is 13.6. The number of aromatic nitrogens is 1. The number of pyridine rings is 1. The molecule has 37 heavy (non-hydrogen) atoms. The smallest absolute Gasteiger partial charge is 0.213 e. The zero-order chi connectivity index (χ0) is 26.7. The van der Waals surface area contributed by atoms with E-state index in [4.69, 9.17) is 0 Å². The Hall–Kier alpha value is -2.04. The van der Waals surface area contributed by atoms with Gasteiger partial charge < -0.3 is 5.32 Å². The summed E-state index contributed by atoms with van der Waals surface area (Å²) in [6.45, 7) is 20.2. The lowest BCUT2D eigenvalue weighted by molar-refractivity contribution is -0.717. The van der Waals surface area contributed by atoms with E-state index < -0.39 is 8.07 Å². The van der Waals surface area contributed by atoms with Crippen LogP contribution in [0.5, 0.6) is 0 Å². The Balaban J connectivity index is 1.85. The molecule has 2 heterocycles. The zero-order valence-electron chi connectivity index (χ0n) is 23.6. The maximum Gasteiger partial charge on any atom is 0.213 e. The first-order valence-corrected chi connectivity index (χ1v) is 18.1. The molecule has 0 saturated heterocycles. The van der Waals surface area contributed by atoms with Crippen LogP contribution in [0.2, 0.25) is 19.6 Å². The highest BCUT2D eigenvalue weighted by molar-refractivity contribution is 7.84. The number of benzene rings is 1. The first-order chi connectivity index (χ1) is 17.6. The van der Waals surface area contributed by atoms with Gasteiger partial charge in [0.1, 0.15) is 0 Å². The fraction of sp³-hybridized carbons (Fsp3) is 0.485. The number of hydrogen-bond acceptors (Lipinski definition) is 2. The minimum Gasteiger partial charge on any atom is -0.392 e. The van der Waals surface area contributed by atoms with E-state index in [0.717, 1.165) is 41.4 Å². The molecule has 2 nitrogen and oxygen atoms in total. The van der Waals surface area contributed by atoms with Crippen molar-refractivity contribution in [2.45, 2.75) is 89.4 Å². The predicted octanol–water partition coefficient (Wildman–Crippen LogP) is 7.85. The molecule has 1 aliphatic carbocycles. The molecule has 1 aromatic heterocycles. The Labute approximate surface area is 232 Å².